The average Bonchev–Trinajstić information content (AvgIpc) is 2.88. The molecule has 0 aliphatic heterocycles. The van der Waals surface area contributed by atoms with Crippen LogP contribution in [-0.4, -0.2) is 22.8 Å². The molecule has 100 valence electrons. The van der Waals surface area contributed by atoms with Gasteiger partial charge in [-0.05, 0) is 38.6 Å². The maximum Gasteiger partial charge on any atom is 0.222 e. The number of hydrogen-bond donors (Lipinski definition) is 1. The van der Waals surface area contributed by atoms with Crippen molar-refractivity contribution in [2.24, 2.45) is 0 Å². The first-order valence-electron chi connectivity index (χ1n) is 7.32. The van der Waals surface area contributed by atoms with Crippen LogP contribution in [0.4, 0.5) is 0 Å². The van der Waals surface area contributed by atoms with E-state index in [1.165, 1.54) is 38.5 Å². The summed E-state index contributed by atoms with van der Waals surface area (Å²) in [5.74, 6) is 1.68. The molecule has 2 aliphatic carbocycles. The Kier molecular flexibility index (Phi) is 3.37. The number of nitrogens with zero attached hydrogens (tertiary/aromatic N) is 2. The second-order valence-electron chi connectivity index (χ2n) is 6.10. The van der Waals surface area contributed by atoms with Crippen LogP contribution >= 0.6 is 0 Å². The van der Waals surface area contributed by atoms with Crippen molar-refractivity contribution in [1.82, 2.24) is 15.5 Å². The van der Waals surface area contributed by atoms with Crippen molar-refractivity contribution in [2.75, 3.05) is 6.54 Å². The van der Waals surface area contributed by atoms with E-state index in [0.29, 0.717) is 0 Å². The SMILES string of the molecule is CC1(c2nnc(CCCNC3CC3)o2)CCCC1. The van der Waals surface area contributed by atoms with Crippen LogP contribution in [0.1, 0.15) is 63.7 Å². The lowest BCUT2D eigenvalue weighted by Gasteiger charge is -2.17. The third-order valence-corrected chi connectivity index (χ3v) is 4.27. The van der Waals surface area contributed by atoms with E-state index in [2.05, 4.69) is 22.4 Å². The summed E-state index contributed by atoms with van der Waals surface area (Å²) in [6.07, 6.45) is 9.67. The van der Waals surface area contributed by atoms with Gasteiger partial charge in [-0.15, -0.1) is 10.2 Å². The Hall–Kier alpha value is -0.900. The van der Waals surface area contributed by atoms with Gasteiger partial charge in [0.15, 0.2) is 0 Å². The second kappa shape index (κ2) is 5.00. The smallest absolute Gasteiger partial charge is 0.222 e. The molecule has 2 saturated carbocycles. The molecule has 0 unspecified atom stereocenters. The molecule has 0 saturated heterocycles. The molecule has 0 atom stereocenters. The molecule has 0 radical (unpaired) electrons. The second-order valence-corrected chi connectivity index (χ2v) is 6.10. The molecule has 0 spiro atoms. The lowest BCUT2D eigenvalue weighted by molar-refractivity contribution is 0.335. The van der Waals surface area contributed by atoms with Crippen LogP contribution in [0.2, 0.25) is 0 Å². The summed E-state index contributed by atoms with van der Waals surface area (Å²) >= 11 is 0. The van der Waals surface area contributed by atoms with E-state index in [-0.39, 0.29) is 5.41 Å². The van der Waals surface area contributed by atoms with Gasteiger partial charge in [0, 0.05) is 17.9 Å². The standard InChI is InChI=1S/C14H23N3O/c1-14(8-2-3-9-14)13-17-16-12(18-13)5-4-10-15-11-6-7-11/h11,15H,2-10H2,1H3. The zero-order valence-electron chi connectivity index (χ0n) is 11.2. The fraction of sp³-hybridized carbons (Fsp3) is 0.857. The third-order valence-electron chi connectivity index (χ3n) is 4.27. The van der Waals surface area contributed by atoms with Gasteiger partial charge < -0.3 is 9.73 Å². The van der Waals surface area contributed by atoms with Crippen molar-refractivity contribution in [1.29, 1.82) is 0 Å². The van der Waals surface area contributed by atoms with Crippen LogP contribution in [0, 0.1) is 0 Å². The van der Waals surface area contributed by atoms with E-state index < -0.39 is 0 Å². The monoisotopic (exact) mass is 249 g/mol. The van der Waals surface area contributed by atoms with E-state index in [1.807, 2.05) is 0 Å². The topological polar surface area (TPSA) is 51.0 Å². The molecule has 3 rings (SSSR count). The molecule has 2 aliphatic rings. The largest absolute Gasteiger partial charge is 0.425 e. The summed E-state index contributed by atoms with van der Waals surface area (Å²) in [6, 6.07) is 0.792. The summed E-state index contributed by atoms with van der Waals surface area (Å²) in [6.45, 7) is 3.32. The van der Waals surface area contributed by atoms with Gasteiger partial charge in [0.2, 0.25) is 11.8 Å². The molecule has 0 aromatic carbocycles. The first-order valence-corrected chi connectivity index (χ1v) is 7.32. The molecule has 0 amide bonds. The summed E-state index contributed by atoms with van der Waals surface area (Å²) in [7, 11) is 0. The fourth-order valence-corrected chi connectivity index (χ4v) is 2.80. The molecule has 1 aromatic heterocycles. The Bertz CT molecular complexity index is 391. The van der Waals surface area contributed by atoms with Gasteiger partial charge in [-0.1, -0.05) is 19.8 Å². The first kappa shape index (κ1) is 12.2. The van der Waals surface area contributed by atoms with Crippen LogP contribution < -0.4 is 5.32 Å². The van der Waals surface area contributed by atoms with Crippen molar-refractivity contribution >= 4 is 0 Å². The highest BCUT2D eigenvalue weighted by Gasteiger charge is 2.35. The van der Waals surface area contributed by atoms with Crippen molar-refractivity contribution in [3.63, 3.8) is 0 Å². The molecule has 0 bridgehead atoms. The normalized spacial score (nSPS) is 22.5. The van der Waals surface area contributed by atoms with Gasteiger partial charge in [0.1, 0.15) is 0 Å². The lowest BCUT2D eigenvalue weighted by atomic mass is 9.89. The Morgan fingerprint density at radius 2 is 2.06 bits per heavy atom. The molecule has 1 heterocycles. The average molecular weight is 249 g/mol. The maximum atomic E-state index is 5.84. The quantitative estimate of drug-likeness (QED) is 0.787. The summed E-state index contributed by atoms with van der Waals surface area (Å²) in [5, 5.41) is 12.0. The van der Waals surface area contributed by atoms with Gasteiger partial charge in [-0.2, -0.15) is 0 Å². The fourth-order valence-electron chi connectivity index (χ4n) is 2.80. The van der Waals surface area contributed by atoms with Gasteiger partial charge in [0.05, 0.1) is 0 Å². The predicted octanol–water partition coefficient (Wildman–Crippen LogP) is 2.59. The zero-order valence-corrected chi connectivity index (χ0v) is 11.2. The minimum atomic E-state index is 0.150. The lowest BCUT2D eigenvalue weighted by Crippen LogP contribution is -2.18. The summed E-state index contributed by atoms with van der Waals surface area (Å²) in [5.41, 5.74) is 0.150. The number of aromatic nitrogens is 2. The number of hydrogen-bond acceptors (Lipinski definition) is 4. The molecular formula is C14H23N3O. The van der Waals surface area contributed by atoms with Crippen molar-refractivity contribution in [3.8, 4) is 0 Å². The van der Waals surface area contributed by atoms with Crippen LogP contribution in [0.25, 0.3) is 0 Å². The zero-order chi connectivity index (χ0) is 12.4. The van der Waals surface area contributed by atoms with Gasteiger partial charge in [0.25, 0.3) is 0 Å². The van der Waals surface area contributed by atoms with Gasteiger partial charge in [-0.3, -0.25) is 0 Å². The Balaban J connectivity index is 1.49. The number of rotatable bonds is 6. The van der Waals surface area contributed by atoms with E-state index in [1.54, 1.807) is 0 Å². The number of nitrogens with one attached hydrogen (secondary N) is 1. The van der Waals surface area contributed by atoms with Crippen molar-refractivity contribution in [3.05, 3.63) is 11.8 Å². The van der Waals surface area contributed by atoms with Crippen LogP contribution in [0.3, 0.4) is 0 Å². The molecule has 4 heteroatoms. The third kappa shape index (κ3) is 2.74. The van der Waals surface area contributed by atoms with Gasteiger partial charge >= 0.3 is 0 Å². The predicted molar refractivity (Wildman–Crippen MR) is 69.5 cm³/mol. The highest BCUT2D eigenvalue weighted by Crippen LogP contribution is 2.39. The van der Waals surface area contributed by atoms with E-state index in [9.17, 15) is 0 Å². The molecular weight excluding hydrogens is 226 g/mol. The minimum absolute atomic E-state index is 0.150. The van der Waals surface area contributed by atoms with Crippen LogP contribution in [0.15, 0.2) is 4.42 Å². The van der Waals surface area contributed by atoms with Crippen molar-refractivity contribution < 1.29 is 4.42 Å². The molecule has 1 N–H and O–H groups in total. The van der Waals surface area contributed by atoms with Crippen molar-refractivity contribution in [2.45, 2.75) is 69.7 Å². The number of aryl methyl sites for hydroxylation is 1. The highest BCUT2D eigenvalue weighted by atomic mass is 16.4. The van der Waals surface area contributed by atoms with Gasteiger partial charge in [-0.25, -0.2) is 0 Å². The minimum Gasteiger partial charge on any atom is -0.425 e. The molecule has 1 aromatic rings. The Morgan fingerprint density at radius 1 is 1.28 bits per heavy atom. The van der Waals surface area contributed by atoms with Crippen LogP contribution in [0.5, 0.6) is 0 Å². The van der Waals surface area contributed by atoms with E-state index >= 15 is 0 Å². The molecule has 4 nitrogen and oxygen atoms in total. The Morgan fingerprint density at radius 3 is 2.78 bits per heavy atom. The first-order chi connectivity index (χ1) is 8.76. The Labute approximate surface area is 109 Å². The van der Waals surface area contributed by atoms with E-state index in [4.69, 9.17) is 4.42 Å². The molecule has 2 fully saturated rings. The molecule has 18 heavy (non-hydrogen) atoms. The summed E-state index contributed by atoms with van der Waals surface area (Å²) < 4.78 is 5.84. The highest BCUT2D eigenvalue weighted by molar-refractivity contribution is 5.04. The summed E-state index contributed by atoms with van der Waals surface area (Å²) in [4.78, 5) is 0. The van der Waals surface area contributed by atoms with E-state index in [0.717, 1.165) is 37.2 Å². The van der Waals surface area contributed by atoms with Crippen LogP contribution in [-0.2, 0) is 11.8 Å². The maximum absolute atomic E-state index is 5.84.